The first-order valence-corrected chi connectivity index (χ1v) is 6.78. The van der Waals surface area contributed by atoms with Gasteiger partial charge >= 0.3 is 0 Å². The number of hydrogen-bond acceptors (Lipinski definition) is 3. The fourth-order valence-corrected chi connectivity index (χ4v) is 2.46. The number of nitrogens with one attached hydrogen (secondary N) is 1. The minimum absolute atomic E-state index is 0.290. The average molecular weight is 250 g/mol. The molecule has 1 heterocycles. The van der Waals surface area contributed by atoms with Gasteiger partial charge in [-0.3, -0.25) is 4.79 Å². The summed E-state index contributed by atoms with van der Waals surface area (Å²) in [4.78, 5) is 15.9. The van der Waals surface area contributed by atoms with Gasteiger partial charge in [-0.15, -0.1) is 0 Å². The highest BCUT2D eigenvalue weighted by atomic mass is 16.1. The van der Waals surface area contributed by atoms with Crippen LogP contribution in [0.1, 0.15) is 37.6 Å². The van der Waals surface area contributed by atoms with Crippen molar-refractivity contribution in [3.8, 4) is 0 Å². The molecule has 0 aliphatic heterocycles. The van der Waals surface area contributed by atoms with Crippen LogP contribution in [0.3, 0.4) is 0 Å². The predicted molar refractivity (Wildman–Crippen MR) is 70.1 cm³/mol. The van der Waals surface area contributed by atoms with E-state index in [0.29, 0.717) is 6.54 Å². The van der Waals surface area contributed by atoms with Gasteiger partial charge in [0.15, 0.2) is 0 Å². The molecule has 0 saturated carbocycles. The van der Waals surface area contributed by atoms with Crippen LogP contribution in [0.5, 0.6) is 0 Å². The molecular formula is C13H22N4O. The third-order valence-electron chi connectivity index (χ3n) is 3.47. The first-order valence-electron chi connectivity index (χ1n) is 6.78. The van der Waals surface area contributed by atoms with Gasteiger partial charge in [0.2, 0.25) is 5.91 Å². The summed E-state index contributed by atoms with van der Waals surface area (Å²) in [6.45, 7) is 3.48. The minimum atomic E-state index is -0.301. The molecule has 2 rings (SSSR count). The molecule has 1 amide bonds. The maximum absolute atomic E-state index is 11.4. The molecule has 1 unspecified atom stereocenters. The van der Waals surface area contributed by atoms with Crippen molar-refractivity contribution in [2.45, 2.75) is 51.6 Å². The number of nitrogens with two attached hydrogens (primary N) is 1. The van der Waals surface area contributed by atoms with E-state index in [0.717, 1.165) is 25.8 Å². The molecule has 100 valence electrons. The number of nitrogens with zero attached hydrogens (tertiary/aromatic N) is 2. The lowest BCUT2D eigenvalue weighted by molar-refractivity contribution is -0.120. The smallest absolute Gasteiger partial charge is 0.236 e. The van der Waals surface area contributed by atoms with E-state index in [1.54, 1.807) is 0 Å². The summed E-state index contributed by atoms with van der Waals surface area (Å²) in [5.41, 5.74) is 7.91. The number of hydrogen-bond donors (Lipinski definition) is 2. The molecule has 3 N–H and O–H groups in total. The van der Waals surface area contributed by atoms with Crippen molar-refractivity contribution >= 4 is 5.91 Å². The second kappa shape index (κ2) is 6.00. The zero-order valence-electron chi connectivity index (χ0n) is 11.0. The van der Waals surface area contributed by atoms with Crippen molar-refractivity contribution in [3.63, 3.8) is 0 Å². The Kier molecular flexibility index (Phi) is 4.36. The van der Waals surface area contributed by atoms with E-state index in [9.17, 15) is 4.79 Å². The molecule has 0 radical (unpaired) electrons. The Bertz CT molecular complexity index is 413. The monoisotopic (exact) mass is 250 g/mol. The van der Waals surface area contributed by atoms with Crippen LogP contribution >= 0.6 is 0 Å². The van der Waals surface area contributed by atoms with Crippen LogP contribution in [0, 0.1) is 0 Å². The third kappa shape index (κ3) is 2.90. The number of carbonyl (C=O) groups excluding carboxylic acids is 1. The minimum Gasteiger partial charge on any atom is -0.368 e. The number of carbonyl (C=O) groups is 1. The summed E-state index contributed by atoms with van der Waals surface area (Å²) in [6.07, 6.45) is 7.39. The number of rotatable bonds is 6. The maximum Gasteiger partial charge on any atom is 0.236 e. The number of fused-ring (bicyclic) bond motifs is 1. The Morgan fingerprint density at radius 1 is 1.56 bits per heavy atom. The van der Waals surface area contributed by atoms with Crippen molar-refractivity contribution < 1.29 is 4.79 Å². The molecular weight excluding hydrogens is 228 g/mol. The summed E-state index contributed by atoms with van der Waals surface area (Å²) >= 11 is 0. The van der Waals surface area contributed by atoms with Crippen LogP contribution in [-0.2, 0) is 24.2 Å². The van der Waals surface area contributed by atoms with Crippen molar-refractivity contribution in [2.24, 2.45) is 5.73 Å². The van der Waals surface area contributed by atoms with Crippen LogP contribution < -0.4 is 11.1 Å². The average Bonchev–Trinajstić information content (AvgIpc) is 2.77. The number of imidazole rings is 1. The topological polar surface area (TPSA) is 72.9 Å². The van der Waals surface area contributed by atoms with E-state index in [1.165, 1.54) is 24.2 Å². The van der Waals surface area contributed by atoms with E-state index < -0.39 is 0 Å². The molecule has 0 spiro atoms. The molecule has 0 fully saturated rings. The van der Waals surface area contributed by atoms with Gasteiger partial charge in [0.25, 0.3) is 0 Å². The van der Waals surface area contributed by atoms with Crippen molar-refractivity contribution in [1.82, 2.24) is 14.9 Å². The van der Waals surface area contributed by atoms with Gasteiger partial charge in [-0.25, -0.2) is 4.98 Å². The molecule has 1 aliphatic carbocycles. The molecule has 1 aromatic rings. The molecule has 5 nitrogen and oxygen atoms in total. The SMILES string of the molecule is CCCNC(Cn1cnc2c1CCCC2)C(N)=O. The van der Waals surface area contributed by atoms with E-state index in [4.69, 9.17) is 5.73 Å². The van der Waals surface area contributed by atoms with Gasteiger partial charge < -0.3 is 15.6 Å². The molecule has 1 aromatic heterocycles. The van der Waals surface area contributed by atoms with Gasteiger partial charge in [-0.1, -0.05) is 6.92 Å². The van der Waals surface area contributed by atoms with Crippen LogP contribution in [0.4, 0.5) is 0 Å². The first kappa shape index (κ1) is 13.1. The second-order valence-corrected chi connectivity index (χ2v) is 4.91. The predicted octanol–water partition coefficient (Wildman–Crippen LogP) is 0.615. The van der Waals surface area contributed by atoms with Crippen molar-refractivity contribution in [1.29, 1.82) is 0 Å². The lowest BCUT2D eigenvalue weighted by Crippen LogP contribution is -2.44. The largest absolute Gasteiger partial charge is 0.368 e. The lowest BCUT2D eigenvalue weighted by atomic mass is 10.0. The fourth-order valence-electron chi connectivity index (χ4n) is 2.46. The number of primary amides is 1. The number of amides is 1. The Balaban J connectivity index is 2.06. The quantitative estimate of drug-likeness (QED) is 0.777. The van der Waals surface area contributed by atoms with E-state index >= 15 is 0 Å². The Labute approximate surface area is 108 Å². The zero-order valence-corrected chi connectivity index (χ0v) is 11.0. The second-order valence-electron chi connectivity index (χ2n) is 4.91. The molecule has 18 heavy (non-hydrogen) atoms. The summed E-state index contributed by atoms with van der Waals surface area (Å²) in [5, 5.41) is 3.19. The zero-order chi connectivity index (χ0) is 13.0. The summed E-state index contributed by atoms with van der Waals surface area (Å²) in [6, 6.07) is -0.301. The molecule has 1 atom stereocenters. The fraction of sp³-hybridized carbons (Fsp3) is 0.692. The number of aryl methyl sites for hydroxylation is 1. The molecule has 0 saturated heterocycles. The highest BCUT2D eigenvalue weighted by Gasteiger charge is 2.20. The van der Waals surface area contributed by atoms with E-state index in [2.05, 4.69) is 21.8 Å². The Morgan fingerprint density at radius 3 is 3.06 bits per heavy atom. The van der Waals surface area contributed by atoms with Gasteiger partial charge in [0.05, 0.1) is 12.0 Å². The molecule has 0 aromatic carbocycles. The van der Waals surface area contributed by atoms with Crippen LogP contribution in [0.15, 0.2) is 6.33 Å². The Hall–Kier alpha value is -1.36. The van der Waals surface area contributed by atoms with Gasteiger partial charge in [-0.05, 0) is 38.6 Å². The van der Waals surface area contributed by atoms with E-state index in [-0.39, 0.29) is 11.9 Å². The number of aromatic nitrogens is 2. The molecule has 1 aliphatic rings. The van der Waals surface area contributed by atoms with Crippen LogP contribution in [0.25, 0.3) is 0 Å². The van der Waals surface area contributed by atoms with Gasteiger partial charge in [-0.2, -0.15) is 0 Å². The van der Waals surface area contributed by atoms with Crippen molar-refractivity contribution in [2.75, 3.05) is 6.54 Å². The lowest BCUT2D eigenvalue weighted by Gasteiger charge is -2.19. The van der Waals surface area contributed by atoms with Crippen molar-refractivity contribution in [3.05, 3.63) is 17.7 Å². The summed E-state index contributed by atoms with van der Waals surface area (Å²) < 4.78 is 2.09. The normalized spacial score (nSPS) is 16.3. The molecule has 0 bridgehead atoms. The first-order chi connectivity index (χ1) is 8.72. The Morgan fingerprint density at radius 2 is 2.33 bits per heavy atom. The highest BCUT2D eigenvalue weighted by Crippen LogP contribution is 2.19. The summed E-state index contributed by atoms with van der Waals surface area (Å²) in [7, 11) is 0. The van der Waals surface area contributed by atoms with Crippen LogP contribution in [0.2, 0.25) is 0 Å². The van der Waals surface area contributed by atoms with E-state index in [1.807, 2.05) is 6.33 Å². The third-order valence-corrected chi connectivity index (χ3v) is 3.47. The van der Waals surface area contributed by atoms with Gasteiger partial charge in [0, 0.05) is 12.2 Å². The molecule has 5 heteroatoms. The van der Waals surface area contributed by atoms with Crippen LogP contribution in [-0.4, -0.2) is 28.0 Å². The standard InChI is InChI=1S/C13H22N4O/c1-2-7-15-11(13(14)18)8-17-9-16-10-5-3-4-6-12(10)17/h9,11,15H,2-8H2,1H3,(H2,14,18). The van der Waals surface area contributed by atoms with Gasteiger partial charge in [0.1, 0.15) is 6.04 Å². The highest BCUT2D eigenvalue weighted by molar-refractivity contribution is 5.79. The maximum atomic E-state index is 11.4. The summed E-state index contributed by atoms with van der Waals surface area (Å²) in [5.74, 6) is -0.290.